The molecule has 0 spiro atoms. The van der Waals surface area contributed by atoms with Crippen molar-refractivity contribution in [2.75, 3.05) is 19.8 Å². The molecule has 1 aromatic rings. The molecule has 0 unspecified atom stereocenters. The first-order chi connectivity index (χ1) is 11.8. The van der Waals surface area contributed by atoms with Crippen molar-refractivity contribution in [2.45, 2.75) is 57.9 Å². The summed E-state index contributed by atoms with van der Waals surface area (Å²) in [6, 6.07) is 9.20. The van der Waals surface area contributed by atoms with Gasteiger partial charge >= 0.3 is 0 Å². The van der Waals surface area contributed by atoms with Crippen LogP contribution in [0.2, 0.25) is 0 Å². The first kappa shape index (κ1) is 17.2. The molecule has 0 aromatic heterocycles. The van der Waals surface area contributed by atoms with Gasteiger partial charge in [-0.2, -0.15) is 0 Å². The average Bonchev–Trinajstić information content (AvgIpc) is 3.44. The summed E-state index contributed by atoms with van der Waals surface area (Å²) in [7, 11) is 0. The standard InChI is InChI=1S/C19H29N3O2/c1-2-20-19(22-17-7-8-17)21-13-15-3-5-16(6-4-15)14-24-18-9-11-23-12-10-18/h3-6,17-18H,2,7-14H2,1H3,(H2,20,21,22). The predicted molar refractivity (Wildman–Crippen MR) is 96.0 cm³/mol. The third-order valence-electron chi connectivity index (χ3n) is 4.36. The van der Waals surface area contributed by atoms with Gasteiger partial charge in [-0.25, -0.2) is 4.99 Å². The van der Waals surface area contributed by atoms with Gasteiger partial charge in [-0.1, -0.05) is 24.3 Å². The maximum absolute atomic E-state index is 5.96. The Morgan fingerprint density at radius 2 is 1.83 bits per heavy atom. The van der Waals surface area contributed by atoms with Crippen LogP contribution in [0.3, 0.4) is 0 Å². The quantitative estimate of drug-likeness (QED) is 0.596. The highest BCUT2D eigenvalue weighted by Crippen LogP contribution is 2.18. The van der Waals surface area contributed by atoms with Crippen molar-refractivity contribution in [1.82, 2.24) is 10.6 Å². The van der Waals surface area contributed by atoms with Crippen LogP contribution in [0.4, 0.5) is 0 Å². The Kier molecular flexibility index (Phi) is 6.49. The molecule has 1 aromatic carbocycles. The van der Waals surface area contributed by atoms with Gasteiger partial charge in [0.15, 0.2) is 5.96 Å². The van der Waals surface area contributed by atoms with Crippen molar-refractivity contribution >= 4 is 5.96 Å². The largest absolute Gasteiger partial charge is 0.381 e. The normalized spacial score (nSPS) is 19.3. The van der Waals surface area contributed by atoms with Crippen molar-refractivity contribution < 1.29 is 9.47 Å². The molecule has 132 valence electrons. The lowest BCUT2D eigenvalue weighted by atomic mass is 10.1. The van der Waals surface area contributed by atoms with Crippen molar-refractivity contribution in [1.29, 1.82) is 0 Å². The Hall–Kier alpha value is -1.59. The van der Waals surface area contributed by atoms with Crippen LogP contribution in [-0.4, -0.2) is 37.9 Å². The van der Waals surface area contributed by atoms with Crippen LogP contribution in [0, 0.1) is 0 Å². The lowest BCUT2D eigenvalue weighted by Gasteiger charge is -2.22. The van der Waals surface area contributed by atoms with Crippen molar-refractivity contribution in [3.8, 4) is 0 Å². The average molecular weight is 331 g/mol. The Morgan fingerprint density at radius 3 is 2.50 bits per heavy atom. The van der Waals surface area contributed by atoms with E-state index in [1.807, 2.05) is 0 Å². The highest BCUT2D eigenvalue weighted by molar-refractivity contribution is 5.80. The summed E-state index contributed by atoms with van der Waals surface area (Å²) in [5, 5.41) is 6.74. The summed E-state index contributed by atoms with van der Waals surface area (Å²) < 4.78 is 11.3. The first-order valence-electron chi connectivity index (χ1n) is 9.15. The van der Waals surface area contributed by atoms with Gasteiger partial charge in [-0.15, -0.1) is 0 Å². The van der Waals surface area contributed by atoms with Gasteiger partial charge < -0.3 is 20.1 Å². The number of benzene rings is 1. The van der Waals surface area contributed by atoms with E-state index in [9.17, 15) is 0 Å². The molecule has 1 aliphatic heterocycles. The number of rotatable bonds is 7. The molecule has 2 aliphatic rings. The first-order valence-corrected chi connectivity index (χ1v) is 9.15. The van der Waals surface area contributed by atoms with E-state index < -0.39 is 0 Å². The van der Waals surface area contributed by atoms with E-state index in [0.717, 1.165) is 38.6 Å². The molecule has 0 bridgehead atoms. The topological polar surface area (TPSA) is 54.9 Å². The lowest BCUT2D eigenvalue weighted by Crippen LogP contribution is -2.38. The van der Waals surface area contributed by atoms with Gasteiger partial charge in [0, 0.05) is 25.8 Å². The van der Waals surface area contributed by atoms with Gasteiger partial charge in [0.1, 0.15) is 0 Å². The molecule has 5 heteroatoms. The van der Waals surface area contributed by atoms with E-state index >= 15 is 0 Å². The molecule has 0 atom stereocenters. The number of hydrogen-bond acceptors (Lipinski definition) is 3. The fourth-order valence-electron chi connectivity index (χ4n) is 2.71. The Morgan fingerprint density at radius 1 is 1.12 bits per heavy atom. The summed E-state index contributed by atoms with van der Waals surface area (Å²) in [4.78, 5) is 4.66. The lowest BCUT2D eigenvalue weighted by molar-refractivity contribution is -0.0390. The van der Waals surface area contributed by atoms with Crippen molar-refractivity contribution in [3.63, 3.8) is 0 Å². The fourth-order valence-corrected chi connectivity index (χ4v) is 2.71. The number of ether oxygens (including phenoxy) is 2. The molecule has 1 heterocycles. The summed E-state index contributed by atoms with van der Waals surface area (Å²) in [5.74, 6) is 0.923. The van der Waals surface area contributed by atoms with Gasteiger partial charge in [0.25, 0.3) is 0 Å². The molecule has 0 radical (unpaired) electrons. The van der Waals surface area contributed by atoms with Crippen LogP contribution < -0.4 is 10.6 Å². The zero-order valence-electron chi connectivity index (χ0n) is 14.6. The van der Waals surface area contributed by atoms with E-state index in [-0.39, 0.29) is 0 Å². The Bertz CT molecular complexity index is 520. The van der Waals surface area contributed by atoms with E-state index in [1.165, 1.54) is 24.0 Å². The molecule has 0 amide bonds. The zero-order chi connectivity index (χ0) is 16.6. The molecule has 1 saturated heterocycles. The molecular weight excluding hydrogens is 302 g/mol. The van der Waals surface area contributed by atoms with Gasteiger partial charge in [0.2, 0.25) is 0 Å². The molecular formula is C19H29N3O2. The molecule has 2 fully saturated rings. The second kappa shape index (κ2) is 9.04. The highest BCUT2D eigenvalue weighted by Gasteiger charge is 2.22. The van der Waals surface area contributed by atoms with E-state index in [4.69, 9.17) is 9.47 Å². The molecule has 1 saturated carbocycles. The minimum Gasteiger partial charge on any atom is -0.381 e. The fraction of sp³-hybridized carbons (Fsp3) is 0.632. The summed E-state index contributed by atoms with van der Waals surface area (Å²) in [5.41, 5.74) is 2.44. The molecule has 2 N–H and O–H groups in total. The second-order valence-electron chi connectivity index (χ2n) is 6.55. The Labute approximate surface area is 144 Å². The van der Waals surface area contributed by atoms with Gasteiger partial charge in [-0.3, -0.25) is 0 Å². The van der Waals surface area contributed by atoms with Crippen LogP contribution in [0.25, 0.3) is 0 Å². The van der Waals surface area contributed by atoms with E-state index in [1.54, 1.807) is 0 Å². The number of hydrogen-bond donors (Lipinski definition) is 2. The summed E-state index contributed by atoms with van der Waals surface area (Å²) in [6.45, 7) is 6.01. The van der Waals surface area contributed by atoms with Gasteiger partial charge in [0.05, 0.1) is 19.3 Å². The number of aliphatic imine (C=N–C) groups is 1. The van der Waals surface area contributed by atoms with Crippen LogP contribution in [-0.2, 0) is 22.6 Å². The van der Waals surface area contributed by atoms with Crippen LogP contribution in [0.5, 0.6) is 0 Å². The van der Waals surface area contributed by atoms with Gasteiger partial charge in [-0.05, 0) is 43.7 Å². The third-order valence-corrected chi connectivity index (χ3v) is 4.36. The second-order valence-corrected chi connectivity index (χ2v) is 6.55. The maximum atomic E-state index is 5.96. The smallest absolute Gasteiger partial charge is 0.191 e. The van der Waals surface area contributed by atoms with Crippen LogP contribution >= 0.6 is 0 Å². The number of nitrogens with one attached hydrogen (secondary N) is 2. The molecule has 3 rings (SSSR count). The van der Waals surface area contributed by atoms with Crippen LogP contribution in [0.15, 0.2) is 29.3 Å². The maximum Gasteiger partial charge on any atom is 0.191 e. The monoisotopic (exact) mass is 331 g/mol. The Balaban J connectivity index is 1.46. The minimum absolute atomic E-state index is 0.346. The highest BCUT2D eigenvalue weighted by atomic mass is 16.5. The summed E-state index contributed by atoms with van der Waals surface area (Å²) >= 11 is 0. The molecule has 24 heavy (non-hydrogen) atoms. The predicted octanol–water partition coefficient (Wildman–Crippen LogP) is 2.60. The number of guanidine groups is 1. The zero-order valence-corrected chi connectivity index (χ0v) is 14.6. The third kappa shape index (κ3) is 5.80. The van der Waals surface area contributed by atoms with Crippen molar-refractivity contribution in [2.24, 2.45) is 4.99 Å². The van der Waals surface area contributed by atoms with E-state index in [0.29, 0.717) is 25.3 Å². The van der Waals surface area contributed by atoms with E-state index in [2.05, 4.69) is 46.8 Å². The van der Waals surface area contributed by atoms with Crippen molar-refractivity contribution in [3.05, 3.63) is 35.4 Å². The molecule has 5 nitrogen and oxygen atoms in total. The number of nitrogens with zero attached hydrogens (tertiary/aromatic N) is 1. The molecule has 1 aliphatic carbocycles. The van der Waals surface area contributed by atoms with Crippen LogP contribution in [0.1, 0.15) is 43.7 Å². The summed E-state index contributed by atoms with van der Waals surface area (Å²) in [6.07, 6.45) is 4.87. The SMILES string of the molecule is CCNC(=NCc1ccc(COC2CCOCC2)cc1)NC1CC1. The minimum atomic E-state index is 0.346.